The first kappa shape index (κ1) is 14.5. The maximum absolute atomic E-state index is 3.33. The molecule has 0 aromatic heterocycles. The predicted molar refractivity (Wildman–Crippen MR) is 56.7 cm³/mol. The molecule has 1 heterocycles. The van der Waals surface area contributed by atoms with Crippen molar-refractivity contribution in [2.45, 2.75) is 33.7 Å². The summed E-state index contributed by atoms with van der Waals surface area (Å²) in [5, 5.41) is 3.33. The number of nitrogens with zero attached hydrogens (tertiary/aromatic N) is 1. The zero-order chi connectivity index (χ0) is 8.69. The summed E-state index contributed by atoms with van der Waals surface area (Å²) in [5.74, 6) is 0. The average molecular weight is 169 g/mol. The number of hydrogen-bond donors (Lipinski definition) is 1. The summed E-state index contributed by atoms with van der Waals surface area (Å²) >= 11 is 0. The van der Waals surface area contributed by atoms with E-state index in [1.165, 1.54) is 13.1 Å². The average Bonchev–Trinajstić information content (AvgIpc) is 2.10. The Morgan fingerprint density at radius 2 is 1.50 bits per heavy atom. The molecule has 0 unspecified atom stereocenters. The third kappa shape index (κ3) is 5.61. The molecule has 0 aliphatic carbocycles. The zero-order valence-corrected chi connectivity index (χ0v) is 8.93. The largest absolute Gasteiger partial charge is 0.314 e. The van der Waals surface area contributed by atoms with Crippen molar-refractivity contribution in [3.8, 4) is 0 Å². The van der Waals surface area contributed by atoms with Gasteiger partial charge in [0.25, 0.3) is 0 Å². The monoisotopic (exact) mass is 169 g/mol. The number of piperazine rings is 1. The molecule has 0 spiro atoms. The molecule has 1 aliphatic rings. The van der Waals surface area contributed by atoms with Crippen molar-refractivity contribution in [3.63, 3.8) is 0 Å². The highest BCUT2D eigenvalue weighted by Crippen LogP contribution is 1.97. The van der Waals surface area contributed by atoms with Gasteiger partial charge in [-0.2, -0.15) is 0 Å². The molecule has 1 N–H and O–H groups in total. The van der Waals surface area contributed by atoms with Gasteiger partial charge in [-0.1, -0.05) is 13.8 Å². The number of rotatable bonds is 1. The molecule has 0 saturated carbocycles. The second-order valence-corrected chi connectivity index (χ2v) is 2.88. The summed E-state index contributed by atoms with van der Waals surface area (Å²) in [5.41, 5.74) is 0. The normalized spacial score (nSPS) is 17.8. The third-order valence-electron chi connectivity index (χ3n) is 1.88. The minimum Gasteiger partial charge on any atom is -0.314 e. The van der Waals surface area contributed by atoms with Crippen LogP contribution >= 0.6 is 0 Å². The summed E-state index contributed by atoms with van der Waals surface area (Å²) in [7, 11) is 0. The highest BCUT2D eigenvalue weighted by molar-refractivity contribution is 5.75. The van der Waals surface area contributed by atoms with Crippen molar-refractivity contribution >= 4 is 8.41 Å². The number of hydrogen-bond acceptors (Lipinski definition) is 2. The van der Waals surface area contributed by atoms with E-state index in [1.807, 2.05) is 13.8 Å². The first-order valence-corrected chi connectivity index (χ1v) is 4.75. The second-order valence-electron chi connectivity index (χ2n) is 2.88. The molecule has 1 fully saturated rings. The standard InChI is InChI=1S/C7H16N2.C2H6.B/c1-7(2)9-5-3-8-4-6-9;1-2;/h7-8H,3-6H2,1-2H3;1-2H3;. The molecule has 1 aliphatic heterocycles. The minimum atomic E-state index is 0. The molecule has 0 amide bonds. The van der Waals surface area contributed by atoms with Crippen molar-refractivity contribution in [1.82, 2.24) is 10.2 Å². The van der Waals surface area contributed by atoms with E-state index in [-0.39, 0.29) is 8.41 Å². The minimum absolute atomic E-state index is 0. The fourth-order valence-electron chi connectivity index (χ4n) is 1.20. The Kier molecular flexibility index (Phi) is 11.0. The van der Waals surface area contributed by atoms with Gasteiger partial charge in [-0.25, -0.2) is 0 Å². The van der Waals surface area contributed by atoms with E-state index in [0.717, 1.165) is 19.1 Å². The maximum Gasteiger partial charge on any atom is 0.0110 e. The van der Waals surface area contributed by atoms with Crippen LogP contribution in [0.5, 0.6) is 0 Å². The molecular formula is C9H22BN2. The Labute approximate surface area is 79.3 Å². The summed E-state index contributed by atoms with van der Waals surface area (Å²) in [4.78, 5) is 2.50. The van der Waals surface area contributed by atoms with Crippen LogP contribution in [0.15, 0.2) is 0 Å². The lowest BCUT2D eigenvalue weighted by molar-refractivity contribution is 0.196. The second kappa shape index (κ2) is 9.08. The lowest BCUT2D eigenvalue weighted by Crippen LogP contribution is -2.46. The van der Waals surface area contributed by atoms with Gasteiger partial charge < -0.3 is 5.32 Å². The Morgan fingerprint density at radius 3 is 1.75 bits per heavy atom. The van der Waals surface area contributed by atoms with E-state index in [4.69, 9.17) is 0 Å². The molecule has 2 nitrogen and oxygen atoms in total. The first-order valence-electron chi connectivity index (χ1n) is 4.75. The van der Waals surface area contributed by atoms with Gasteiger partial charge in [0.1, 0.15) is 0 Å². The van der Waals surface area contributed by atoms with Crippen LogP contribution in [0, 0.1) is 0 Å². The molecule has 12 heavy (non-hydrogen) atoms. The quantitative estimate of drug-likeness (QED) is 0.588. The third-order valence-corrected chi connectivity index (χ3v) is 1.88. The number of nitrogens with one attached hydrogen (secondary N) is 1. The molecule has 0 aromatic rings. The zero-order valence-electron chi connectivity index (χ0n) is 8.93. The van der Waals surface area contributed by atoms with Gasteiger partial charge >= 0.3 is 0 Å². The van der Waals surface area contributed by atoms with Crippen LogP contribution in [0.1, 0.15) is 27.7 Å². The van der Waals surface area contributed by atoms with Gasteiger partial charge in [0.15, 0.2) is 0 Å². The molecule has 0 atom stereocenters. The van der Waals surface area contributed by atoms with Gasteiger partial charge in [-0.05, 0) is 13.8 Å². The highest BCUT2D eigenvalue weighted by atomic mass is 15.2. The van der Waals surface area contributed by atoms with Crippen LogP contribution in [0.3, 0.4) is 0 Å². The topological polar surface area (TPSA) is 15.3 Å². The molecule has 71 valence electrons. The van der Waals surface area contributed by atoms with Crippen molar-refractivity contribution in [3.05, 3.63) is 0 Å². The Morgan fingerprint density at radius 1 is 1.08 bits per heavy atom. The van der Waals surface area contributed by atoms with Crippen LogP contribution < -0.4 is 5.32 Å². The summed E-state index contributed by atoms with van der Waals surface area (Å²) in [6.07, 6.45) is 0. The van der Waals surface area contributed by atoms with Crippen molar-refractivity contribution in [1.29, 1.82) is 0 Å². The Bertz CT molecular complexity index is 80.6. The summed E-state index contributed by atoms with van der Waals surface area (Å²) < 4.78 is 0. The lowest BCUT2D eigenvalue weighted by Gasteiger charge is -2.30. The van der Waals surface area contributed by atoms with Crippen LogP contribution in [0.2, 0.25) is 0 Å². The highest BCUT2D eigenvalue weighted by Gasteiger charge is 2.11. The van der Waals surface area contributed by atoms with E-state index >= 15 is 0 Å². The molecule has 0 aromatic carbocycles. The smallest absolute Gasteiger partial charge is 0.0110 e. The molecule has 1 rings (SSSR count). The van der Waals surface area contributed by atoms with E-state index in [1.54, 1.807) is 0 Å². The molecule has 1 saturated heterocycles. The van der Waals surface area contributed by atoms with Crippen LogP contribution in [-0.4, -0.2) is 45.5 Å². The Hall–Kier alpha value is -0.0151. The molecular weight excluding hydrogens is 147 g/mol. The van der Waals surface area contributed by atoms with E-state index in [2.05, 4.69) is 24.1 Å². The van der Waals surface area contributed by atoms with Gasteiger partial charge in [0.2, 0.25) is 0 Å². The van der Waals surface area contributed by atoms with Gasteiger partial charge in [-0.15, -0.1) is 0 Å². The van der Waals surface area contributed by atoms with Crippen molar-refractivity contribution < 1.29 is 0 Å². The molecule has 3 radical (unpaired) electrons. The molecule has 0 bridgehead atoms. The Balaban J connectivity index is 0. The fraction of sp³-hybridized carbons (Fsp3) is 1.00. The van der Waals surface area contributed by atoms with E-state index in [0.29, 0.717) is 0 Å². The van der Waals surface area contributed by atoms with E-state index in [9.17, 15) is 0 Å². The van der Waals surface area contributed by atoms with Gasteiger partial charge in [0, 0.05) is 40.6 Å². The molecule has 3 heteroatoms. The first-order chi connectivity index (χ1) is 5.30. The SMILES string of the molecule is CC.CC(C)N1CCNCC1.[B]. The maximum atomic E-state index is 3.33. The predicted octanol–water partition coefficient (Wildman–Crippen LogP) is 0.945. The van der Waals surface area contributed by atoms with Crippen molar-refractivity contribution in [2.75, 3.05) is 26.2 Å². The fourth-order valence-corrected chi connectivity index (χ4v) is 1.20. The van der Waals surface area contributed by atoms with Gasteiger partial charge in [-0.3, -0.25) is 4.90 Å². The summed E-state index contributed by atoms with van der Waals surface area (Å²) in [6, 6.07) is 0.729. The van der Waals surface area contributed by atoms with Crippen molar-refractivity contribution in [2.24, 2.45) is 0 Å². The van der Waals surface area contributed by atoms with Crippen LogP contribution in [0.4, 0.5) is 0 Å². The van der Waals surface area contributed by atoms with Crippen LogP contribution in [0.25, 0.3) is 0 Å². The van der Waals surface area contributed by atoms with Crippen LogP contribution in [-0.2, 0) is 0 Å². The van der Waals surface area contributed by atoms with E-state index < -0.39 is 0 Å². The lowest BCUT2D eigenvalue weighted by atomic mass is 10.3. The van der Waals surface area contributed by atoms with Gasteiger partial charge in [0.05, 0.1) is 0 Å². The summed E-state index contributed by atoms with van der Waals surface area (Å²) in [6.45, 7) is 13.3.